The van der Waals surface area contributed by atoms with Crippen molar-refractivity contribution in [2.75, 3.05) is 20.8 Å². The topological polar surface area (TPSA) is 55.8 Å². The maximum atomic E-state index is 13.0. The maximum Gasteiger partial charge on any atom is 0.169 e. The molecule has 1 aromatic carbocycles. The highest BCUT2D eigenvalue weighted by atomic mass is 16.5. The van der Waals surface area contributed by atoms with Gasteiger partial charge in [-0.15, -0.1) is 0 Å². The first-order valence-electron chi connectivity index (χ1n) is 7.54. The Morgan fingerprint density at radius 1 is 1.14 bits per heavy atom. The van der Waals surface area contributed by atoms with Crippen LogP contribution in [0.2, 0.25) is 0 Å². The summed E-state index contributed by atoms with van der Waals surface area (Å²) in [6, 6.07) is 5.30. The Hall–Kier alpha value is -1.55. The van der Waals surface area contributed by atoms with Gasteiger partial charge >= 0.3 is 0 Å². The molecule has 1 aliphatic carbocycles. The highest BCUT2D eigenvalue weighted by Gasteiger charge is 2.39. The predicted molar refractivity (Wildman–Crippen MR) is 81.1 cm³/mol. The van der Waals surface area contributed by atoms with E-state index in [0.717, 1.165) is 25.7 Å². The van der Waals surface area contributed by atoms with E-state index in [1.807, 2.05) is 0 Å². The van der Waals surface area contributed by atoms with Crippen molar-refractivity contribution >= 4 is 5.78 Å². The number of benzene rings is 1. The number of ketones is 1. The Morgan fingerprint density at radius 2 is 1.81 bits per heavy atom. The highest BCUT2D eigenvalue weighted by Crippen LogP contribution is 2.42. The minimum Gasteiger partial charge on any atom is -0.493 e. The standard InChI is InChI=1S/C17H24O4/c1-20-14-7-6-13(12-15(14)21-2)16(19)17(10-11-18)8-4-3-5-9-17/h6-7,12,18H,3-5,8-11H2,1-2H3. The van der Waals surface area contributed by atoms with E-state index in [2.05, 4.69) is 0 Å². The van der Waals surface area contributed by atoms with Gasteiger partial charge in [0.1, 0.15) is 0 Å². The lowest BCUT2D eigenvalue weighted by Crippen LogP contribution is -2.34. The summed E-state index contributed by atoms with van der Waals surface area (Å²) >= 11 is 0. The van der Waals surface area contributed by atoms with E-state index in [9.17, 15) is 9.90 Å². The largest absolute Gasteiger partial charge is 0.493 e. The molecule has 21 heavy (non-hydrogen) atoms. The Labute approximate surface area is 126 Å². The van der Waals surface area contributed by atoms with Gasteiger partial charge in [-0.1, -0.05) is 19.3 Å². The minimum atomic E-state index is -0.410. The molecule has 116 valence electrons. The number of aliphatic hydroxyl groups is 1. The number of ether oxygens (including phenoxy) is 2. The average molecular weight is 292 g/mol. The summed E-state index contributed by atoms with van der Waals surface area (Å²) in [4.78, 5) is 13.0. The van der Waals surface area contributed by atoms with Gasteiger partial charge in [-0.25, -0.2) is 0 Å². The molecule has 0 saturated heterocycles. The molecule has 0 heterocycles. The number of hydrogen-bond acceptors (Lipinski definition) is 4. The van der Waals surface area contributed by atoms with E-state index < -0.39 is 5.41 Å². The fourth-order valence-corrected chi connectivity index (χ4v) is 3.32. The smallest absolute Gasteiger partial charge is 0.169 e. The van der Waals surface area contributed by atoms with E-state index >= 15 is 0 Å². The van der Waals surface area contributed by atoms with Crippen LogP contribution < -0.4 is 9.47 Å². The zero-order valence-corrected chi connectivity index (χ0v) is 12.9. The number of methoxy groups -OCH3 is 2. The second kappa shape index (κ2) is 6.94. The number of carbonyl (C=O) groups is 1. The molecule has 0 unspecified atom stereocenters. The van der Waals surface area contributed by atoms with E-state index in [-0.39, 0.29) is 12.4 Å². The van der Waals surface area contributed by atoms with E-state index in [4.69, 9.17) is 9.47 Å². The molecule has 1 aliphatic rings. The molecular formula is C17H24O4. The molecule has 1 saturated carbocycles. The molecular weight excluding hydrogens is 268 g/mol. The van der Waals surface area contributed by atoms with Gasteiger partial charge in [0.15, 0.2) is 17.3 Å². The molecule has 0 spiro atoms. The molecule has 2 rings (SSSR count). The van der Waals surface area contributed by atoms with Gasteiger partial charge in [0.05, 0.1) is 14.2 Å². The van der Waals surface area contributed by atoms with Gasteiger partial charge in [0.25, 0.3) is 0 Å². The van der Waals surface area contributed by atoms with Crippen molar-refractivity contribution < 1.29 is 19.4 Å². The lowest BCUT2D eigenvalue weighted by atomic mass is 9.67. The van der Waals surface area contributed by atoms with Crippen molar-refractivity contribution in [2.45, 2.75) is 38.5 Å². The number of aliphatic hydroxyl groups excluding tert-OH is 1. The summed E-state index contributed by atoms with van der Waals surface area (Å²) in [5.41, 5.74) is 0.232. The fourth-order valence-electron chi connectivity index (χ4n) is 3.32. The number of Topliss-reactive ketones (excluding diaryl/α,β-unsaturated/α-hetero) is 1. The van der Waals surface area contributed by atoms with Gasteiger partial charge in [0.2, 0.25) is 0 Å². The molecule has 0 amide bonds. The first kappa shape index (κ1) is 15.8. The van der Waals surface area contributed by atoms with Crippen LogP contribution in [-0.2, 0) is 0 Å². The second-order valence-corrected chi connectivity index (χ2v) is 5.71. The number of hydrogen-bond donors (Lipinski definition) is 1. The van der Waals surface area contributed by atoms with Crippen LogP contribution in [0.4, 0.5) is 0 Å². The molecule has 1 aromatic rings. The minimum absolute atomic E-state index is 0.0546. The molecule has 0 radical (unpaired) electrons. The van der Waals surface area contributed by atoms with Gasteiger partial charge in [-0.05, 0) is 37.5 Å². The van der Waals surface area contributed by atoms with Crippen LogP contribution in [0, 0.1) is 5.41 Å². The van der Waals surface area contributed by atoms with Crippen LogP contribution in [0.3, 0.4) is 0 Å². The first-order chi connectivity index (χ1) is 10.2. The molecule has 0 aromatic heterocycles. The normalized spacial score (nSPS) is 17.3. The Bertz CT molecular complexity index is 484. The molecule has 1 fully saturated rings. The fraction of sp³-hybridized carbons (Fsp3) is 0.588. The third-order valence-corrected chi connectivity index (χ3v) is 4.53. The zero-order valence-electron chi connectivity index (χ0n) is 12.9. The summed E-state index contributed by atoms with van der Waals surface area (Å²) in [5, 5.41) is 9.37. The van der Waals surface area contributed by atoms with Crippen molar-refractivity contribution in [3.63, 3.8) is 0 Å². The van der Waals surface area contributed by atoms with Crippen LogP contribution in [-0.4, -0.2) is 31.7 Å². The van der Waals surface area contributed by atoms with Crippen LogP contribution >= 0.6 is 0 Å². The third kappa shape index (κ3) is 3.21. The molecule has 1 N–H and O–H groups in total. The van der Waals surface area contributed by atoms with Crippen LogP contribution in [0.15, 0.2) is 18.2 Å². The van der Waals surface area contributed by atoms with Crippen molar-refractivity contribution in [3.05, 3.63) is 23.8 Å². The summed E-state index contributed by atoms with van der Waals surface area (Å²) < 4.78 is 10.5. The Kier molecular flexibility index (Phi) is 5.23. The zero-order chi connectivity index (χ0) is 15.3. The quantitative estimate of drug-likeness (QED) is 0.818. The summed E-state index contributed by atoms with van der Waals surface area (Å²) in [6.45, 7) is 0.0546. The van der Waals surface area contributed by atoms with Crippen molar-refractivity contribution in [1.82, 2.24) is 0 Å². The maximum absolute atomic E-state index is 13.0. The predicted octanol–water partition coefficient (Wildman–Crippen LogP) is 3.22. The first-order valence-corrected chi connectivity index (χ1v) is 7.54. The Balaban J connectivity index is 2.32. The van der Waals surface area contributed by atoms with Gasteiger partial charge in [-0.3, -0.25) is 4.79 Å². The van der Waals surface area contributed by atoms with Crippen molar-refractivity contribution in [2.24, 2.45) is 5.41 Å². The van der Waals surface area contributed by atoms with Crippen LogP contribution in [0.5, 0.6) is 11.5 Å². The van der Waals surface area contributed by atoms with E-state index in [1.165, 1.54) is 6.42 Å². The molecule has 4 nitrogen and oxygen atoms in total. The average Bonchev–Trinajstić information content (AvgIpc) is 2.54. The van der Waals surface area contributed by atoms with Crippen LogP contribution in [0.1, 0.15) is 48.9 Å². The molecule has 0 bridgehead atoms. The highest BCUT2D eigenvalue weighted by molar-refractivity contribution is 6.01. The second-order valence-electron chi connectivity index (χ2n) is 5.71. The molecule has 0 aliphatic heterocycles. The summed E-state index contributed by atoms with van der Waals surface area (Å²) in [5.74, 6) is 1.31. The lowest BCUT2D eigenvalue weighted by Gasteiger charge is -2.35. The SMILES string of the molecule is COc1ccc(C(=O)C2(CCO)CCCCC2)cc1OC. The molecule has 4 heteroatoms. The van der Waals surface area contributed by atoms with Crippen molar-refractivity contribution in [3.8, 4) is 11.5 Å². The van der Waals surface area contributed by atoms with Gasteiger partial charge in [-0.2, -0.15) is 0 Å². The van der Waals surface area contributed by atoms with E-state index in [0.29, 0.717) is 23.5 Å². The van der Waals surface area contributed by atoms with Crippen molar-refractivity contribution in [1.29, 1.82) is 0 Å². The number of rotatable bonds is 6. The molecule has 0 atom stereocenters. The Morgan fingerprint density at radius 3 is 2.38 bits per heavy atom. The summed E-state index contributed by atoms with van der Waals surface area (Å²) in [7, 11) is 3.14. The van der Waals surface area contributed by atoms with E-state index in [1.54, 1.807) is 32.4 Å². The lowest BCUT2D eigenvalue weighted by molar-refractivity contribution is 0.0634. The van der Waals surface area contributed by atoms with Crippen LogP contribution in [0.25, 0.3) is 0 Å². The monoisotopic (exact) mass is 292 g/mol. The summed E-state index contributed by atoms with van der Waals surface area (Å²) in [6.07, 6.45) is 5.55. The van der Waals surface area contributed by atoms with Gasteiger partial charge in [0, 0.05) is 17.6 Å². The van der Waals surface area contributed by atoms with Gasteiger partial charge < -0.3 is 14.6 Å². The number of carbonyl (C=O) groups excluding carboxylic acids is 1. The third-order valence-electron chi connectivity index (χ3n) is 4.53.